The van der Waals surface area contributed by atoms with E-state index in [4.69, 9.17) is 4.74 Å². The molecule has 2 rings (SSSR count). The molecular weight excluding hydrogens is 411 g/mol. The molecule has 1 unspecified atom stereocenters. The summed E-state index contributed by atoms with van der Waals surface area (Å²) in [6.07, 6.45) is 4.00. The molecule has 2 fully saturated rings. The number of nitrogens with one attached hydrogen (secondary N) is 1. The molecule has 2 saturated heterocycles. The largest absolute Gasteiger partial charge is 0.673 e. The van der Waals surface area contributed by atoms with Crippen molar-refractivity contribution in [2.45, 2.75) is 26.2 Å². The second-order valence-corrected chi connectivity index (χ2v) is 5.82. The highest BCUT2D eigenvalue weighted by atomic mass is 19.5. The molecule has 0 aromatic carbocycles. The zero-order valence-electron chi connectivity index (χ0n) is 14.2. The van der Waals surface area contributed by atoms with Gasteiger partial charge in [-0.1, -0.05) is 6.92 Å². The maximum absolute atomic E-state index is 9.75. The lowest BCUT2D eigenvalue weighted by atomic mass is 9.67. The number of hydrogen-bond acceptors (Lipinski definition) is 2. The van der Waals surface area contributed by atoms with Gasteiger partial charge in [0.05, 0.1) is 0 Å². The van der Waals surface area contributed by atoms with Crippen molar-refractivity contribution in [3.05, 3.63) is 0 Å². The van der Waals surface area contributed by atoms with Crippen LogP contribution in [0.1, 0.15) is 26.2 Å². The van der Waals surface area contributed by atoms with E-state index < -0.39 is 21.8 Å². The van der Waals surface area contributed by atoms with Crippen molar-refractivity contribution in [2.24, 2.45) is 11.3 Å². The fraction of sp³-hybridized carbons (Fsp3) is 1.00. The van der Waals surface area contributed by atoms with Crippen LogP contribution < -0.4 is 5.32 Å². The smallest absolute Gasteiger partial charge is 0.418 e. The van der Waals surface area contributed by atoms with E-state index in [9.17, 15) is 51.8 Å². The monoisotopic (exact) mass is 430 g/mol. The lowest BCUT2D eigenvalue weighted by Gasteiger charge is -2.45. The van der Waals surface area contributed by atoms with Crippen LogP contribution in [0.15, 0.2) is 0 Å². The van der Waals surface area contributed by atoms with Gasteiger partial charge < -0.3 is 61.8 Å². The highest BCUT2D eigenvalue weighted by Crippen LogP contribution is 2.42. The van der Waals surface area contributed by atoms with E-state index in [2.05, 4.69) is 12.2 Å². The molecule has 0 bridgehead atoms. The van der Waals surface area contributed by atoms with Crippen LogP contribution in [0.2, 0.25) is 0 Å². The van der Waals surface area contributed by atoms with Gasteiger partial charge in [0.1, 0.15) is 0 Å². The summed E-state index contributed by atoms with van der Waals surface area (Å²) in [7, 11) is -18.0. The minimum Gasteiger partial charge on any atom is -0.418 e. The van der Waals surface area contributed by atoms with Gasteiger partial charge in [0.25, 0.3) is 0 Å². The average molecular weight is 430 g/mol. The van der Waals surface area contributed by atoms with Crippen LogP contribution in [-0.4, -0.2) is 48.1 Å². The van der Waals surface area contributed by atoms with Crippen molar-refractivity contribution in [2.75, 3.05) is 26.3 Å². The van der Waals surface area contributed by atoms with Gasteiger partial charge in [-0.05, 0) is 43.7 Å². The van der Waals surface area contributed by atoms with Gasteiger partial charge in [0, 0.05) is 13.2 Å². The first-order chi connectivity index (χ1) is 11.8. The van der Waals surface area contributed by atoms with Crippen molar-refractivity contribution < 1.29 is 56.5 Å². The third-order valence-electron chi connectivity index (χ3n) is 3.76. The SMILES string of the molecule is CC1COCCC12CCNCC2.F[B-](F)(F)F.F[B-](F)(F)F.F[B-](F)(F)F. The van der Waals surface area contributed by atoms with Gasteiger partial charge in [0.15, 0.2) is 0 Å². The van der Waals surface area contributed by atoms with E-state index in [0.717, 1.165) is 19.1 Å². The van der Waals surface area contributed by atoms with Gasteiger partial charge >= 0.3 is 21.8 Å². The van der Waals surface area contributed by atoms with Crippen LogP contribution in [0.4, 0.5) is 51.8 Å². The van der Waals surface area contributed by atoms with Crippen LogP contribution >= 0.6 is 0 Å². The topological polar surface area (TPSA) is 21.3 Å². The van der Waals surface area contributed by atoms with Gasteiger partial charge in [-0.25, -0.2) is 0 Å². The van der Waals surface area contributed by atoms with Gasteiger partial charge in [-0.3, -0.25) is 0 Å². The molecule has 0 amide bonds. The summed E-state index contributed by atoms with van der Waals surface area (Å²) in [5, 5.41) is 3.44. The third-order valence-corrected chi connectivity index (χ3v) is 3.76. The summed E-state index contributed by atoms with van der Waals surface area (Å²) in [6.45, 7) is 6.75. The van der Waals surface area contributed by atoms with E-state index in [0.29, 0.717) is 5.41 Å². The van der Waals surface area contributed by atoms with Gasteiger partial charge in [-0.15, -0.1) is 0 Å². The van der Waals surface area contributed by atoms with Crippen LogP contribution in [-0.2, 0) is 4.74 Å². The maximum Gasteiger partial charge on any atom is 0.673 e. The lowest BCUT2D eigenvalue weighted by molar-refractivity contribution is -0.0492. The fourth-order valence-electron chi connectivity index (χ4n) is 2.63. The summed E-state index contributed by atoms with van der Waals surface area (Å²) < 4.78 is 122. The molecule has 2 nitrogen and oxygen atoms in total. The Balaban J connectivity index is 0. The number of hydrogen-bond donors (Lipinski definition) is 1. The van der Waals surface area contributed by atoms with Crippen molar-refractivity contribution in [1.29, 1.82) is 0 Å². The normalized spacial score (nSPS) is 22.3. The second kappa shape index (κ2) is 12.0. The standard InChI is InChI=1S/C10H19NO.3BF4/c1-9-8-12-7-4-10(9)2-5-11-6-3-10;3*2-1(3,4)5/h9,11H,2-8H2,1H3;;;/q;3*-1. The summed E-state index contributed by atoms with van der Waals surface area (Å²) in [5.41, 5.74) is 0.628. The molecule has 2 aliphatic heterocycles. The Bertz CT molecular complexity index is 328. The van der Waals surface area contributed by atoms with E-state index in [1.807, 2.05) is 0 Å². The molecule has 17 heteroatoms. The molecule has 1 atom stereocenters. The highest BCUT2D eigenvalue weighted by molar-refractivity contribution is 6.50. The number of halogens is 12. The maximum atomic E-state index is 9.75. The Kier molecular flexibility index (Phi) is 12.6. The quantitative estimate of drug-likeness (QED) is 0.416. The highest BCUT2D eigenvalue weighted by Gasteiger charge is 2.39. The van der Waals surface area contributed by atoms with Crippen LogP contribution in [0.3, 0.4) is 0 Å². The minimum absolute atomic E-state index is 0.628. The zero-order chi connectivity index (χ0) is 21.9. The first-order valence-electron chi connectivity index (χ1n) is 7.74. The number of piperidine rings is 1. The summed E-state index contributed by atoms with van der Waals surface area (Å²) in [6, 6.07) is 0. The lowest BCUT2D eigenvalue weighted by Crippen LogP contribution is -2.45. The Morgan fingerprint density at radius 2 is 1.04 bits per heavy atom. The number of rotatable bonds is 0. The molecule has 0 aromatic heterocycles. The van der Waals surface area contributed by atoms with Crippen molar-refractivity contribution in [3.63, 3.8) is 0 Å². The molecule has 27 heavy (non-hydrogen) atoms. The Labute approximate surface area is 148 Å². The third kappa shape index (κ3) is 25.3. The van der Waals surface area contributed by atoms with E-state index in [1.165, 1.54) is 32.4 Å². The molecule has 0 radical (unpaired) electrons. The molecule has 2 aliphatic rings. The van der Waals surface area contributed by atoms with Crippen LogP contribution in [0, 0.1) is 11.3 Å². The summed E-state index contributed by atoms with van der Waals surface area (Å²) in [4.78, 5) is 0. The average Bonchev–Trinajstić information content (AvgIpc) is 2.38. The zero-order valence-corrected chi connectivity index (χ0v) is 14.2. The molecule has 0 aromatic rings. The minimum atomic E-state index is -6.00. The second-order valence-electron chi connectivity index (χ2n) is 5.82. The van der Waals surface area contributed by atoms with E-state index in [1.54, 1.807) is 0 Å². The molecular formula is C10H19B3F12NO-3. The van der Waals surface area contributed by atoms with Gasteiger partial charge in [0.2, 0.25) is 0 Å². The van der Waals surface area contributed by atoms with Gasteiger partial charge in [-0.2, -0.15) is 0 Å². The Morgan fingerprint density at radius 3 is 1.33 bits per heavy atom. The number of ether oxygens (including phenoxy) is 1. The first-order valence-corrected chi connectivity index (χ1v) is 7.74. The molecule has 0 aliphatic carbocycles. The molecule has 1 spiro atoms. The predicted octanol–water partition coefficient (Wildman–Crippen LogP) is 5.31. The van der Waals surface area contributed by atoms with Crippen LogP contribution in [0.25, 0.3) is 0 Å². The Hall–Kier alpha value is -0.725. The fourth-order valence-corrected chi connectivity index (χ4v) is 2.63. The predicted molar refractivity (Wildman–Crippen MR) is 79.7 cm³/mol. The molecule has 0 saturated carbocycles. The van der Waals surface area contributed by atoms with Crippen molar-refractivity contribution >= 4 is 21.8 Å². The van der Waals surface area contributed by atoms with Crippen molar-refractivity contribution in [3.8, 4) is 0 Å². The van der Waals surface area contributed by atoms with E-state index >= 15 is 0 Å². The molecule has 1 N–H and O–H groups in total. The van der Waals surface area contributed by atoms with E-state index in [-0.39, 0.29) is 0 Å². The summed E-state index contributed by atoms with van der Waals surface area (Å²) >= 11 is 0. The van der Waals surface area contributed by atoms with Crippen LogP contribution in [0.5, 0.6) is 0 Å². The van der Waals surface area contributed by atoms with Crippen molar-refractivity contribution in [1.82, 2.24) is 5.32 Å². The molecule has 166 valence electrons. The first kappa shape index (κ1) is 28.5. The Morgan fingerprint density at radius 1 is 0.704 bits per heavy atom. The molecule has 2 heterocycles. The summed E-state index contributed by atoms with van der Waals surface area (Å²) in [5.74, 6) is 0.772.